The molecule has 0 aliphatic carbocycles. The number of nitrogens with one attached hydrogen (secondary N) is 1. The summed E-state index contributed by atoms with van der Waals surface area (Å²) in [5, 5.41) is 4.08. The van der Waals surface area contributed by atoms with Crippen LogP contribution in [0, 0.1) is 18.3 Å². The standard InChI is InChI=1S/C16H16N2OS/c1-3-9-20-14-6-4-5-13(11-14)7-8-15-12(2)10-16(19)18-17-15/h1,4-8,11-12H,9-10H2,2H3,(H,18,19). The van der Waals surface area contributed by atoms with Crippen LogP contribution in [0.3, 0.4) is 0 Å². The molecule has 1 aromatic carbocycles. The number of carbonyl (C=O) groups is 1. The summed E-state index contributed by atoms with van der Waals surface area (Å²) in [7, 11) is 0. The number of amides is 1. The van der Waals surface area contributed by atoms with Crippen molar-refractivity contribution in [3.8, 4) is 12.3 Å². The lowest BCUT2D eigenvalue weighted by atomic mass is 9.99. The minimum atomic E-state index is -0.0256. The highest BCUT2D eigenvalue weighted by atomic mass is 32.2. The summed E-state index contributed by atoms with van der Waals surface area (Å²) >= 11 is 1.64. The summed E-state index contributed by atoms with van der Waals surface area (Å²) in [6.07, 6.45) is 9.71. The van der Waals surface area contributed by atoms with E-state index in [1.54, 1.807) is 11.8 Å². The Bertz CT molecular complexity index is 599. The van der Waals surface area contributed by atoms with Crippen LogP contribution in [0.2, 0.25) is 0 Å². The lowest BCUT2D eigenvalue weighted by Gasteiger charge is -2.16. The molecule has 20 heavy (non-hydrogen) atoms. The molecule has 2 rings (SSSR count). The van der Waals surface area contributed by atoms with E-state index < -0.39 is 0 Å². The molecule has 0 aromatic heterocycles. The Labute approximate surface area is 123 Å². The number of thioether (sulfide) groups is 1. The molecule has 4 heteroatoms. The van der Waals surface area contributed by atoms with Crippen molar-refractivity contribution in [1.82, 2.24) is 5.43 Å². The van der Waals surface area contributed by atoms with Crippen molar-refractivity contribution >= 4 is 29.5 Å². The number of nitrogens with zero attached hydrogens (tertiary/aromatic N) is 1. The molecule has 1 aromatic rings. The lowest BCUT2D eigenvalue weighted by Crippen LogP contribution is -2.30. The van der Waals surface area contributed by atoms with Crippen molar-refractivity contribution in [2.24, 2.45) is 11.0 Å². The molecule has 3 nitrogen and oxygen atoms in total. The fourth-order valence-corrected chi connectivity index (χ4v) is 2.53. The van der Waals surface area contributed by atoms with Gasteiger partial charge < -0.3 is 0 Å². The zero-order valence-corrected chi connectivity index (χ0v) is 12.1. The van der Waals surface area contributed by atoms with Gasteiger partial charge in [-0.1, -0.05) is 31.1 Å². The SMILES string of the molecule is C#CCSc1cccc(C=CC2=NNC(=O)CC2C)c1. The van der Waals surface area contributed by atoms with Crippen LogP contribution in [0.4, 0.5) is 0 Å². The van der Waals surface area contributed by atoms with Crippen LogP contribution < -0.4 is 5.43 Å². The minimum absolute atomic E-state index is 0.0256. The number of terminal acetylenes is 1. The molecule has 1 N–H and O–H groups in total. The quantitative estimate of drug-likeness (QED) is 0.682. The van der Waals surface area contributed by atoms with E-state index in [9.17, 15) is 4.79 Å². The topological polar surface area (TPSA) is 41.5 Å². The Balaban J connectivity index is 2.08. The average molecular weight is 284 g/mol. The van der Waals surface area contributed by atoms with E-state index in [-0.39, 0.29) is 11.8 Å². The summed E-state index contributed by atoms with van der Waals surface area (Å²) in [6, 6.07) is 8.17. The number of benzene rings is 1. The number of hydrogen-bond acceptors (Lipinski definition) is 3. The van der Waals surface area contributed by atoms with E-state index in [1.807, 2.05) is 37.3 Å². The van der Waals surface area contributed by atoms with E-state index in [0.717, 1.165) is 16.2 Å². The van der Waals surface area contributed by atoms with Gasteiger partial charge in [-0.15, -0.1) is 18.2 Å². The van der Waals surface area contributed by atoms with Gasteiger partial charge in [-0.2, -0.15) is 5.10 Å². The van der Waals surface area contributed by atoms with Gasteiger partial charge in [0.1, 0.15) is 0 Å². The van der Waals surface area contributed by atoms with Crippen molar-refractivity contribution in [1.29, 1.82) is 0 Å². The first kappa shape index (κ1) is 14.4. The van der Waals surface area contributed by atoms with Crippen molar-refractivity contribution in [3.05, 3.63) is 35.9 Å². The molecule has 1 aliphatic heterocycles. The Morgan fingerprint density at radius 2 is 2.40 bits per heavy atom. The van der Waals surface area contributed by atoms with Crippen LogP contribution in [0.25, 0.3) is 6.08 Å². The maximum Gasteiger partial charge on any atom is 0.240 e. The highest BCUT2D eigenvalue weighted by Gasteiger charge is 2.17. The van der Waals surface area contributed by atoms with Gasteiger partial charge in [0.05, 0.1) is 11.5 Å². The minimum Gasteiger partial charge on any atom is -0.273 e. The van der Waals surface area contributed by atoms with Gasteiger partial charge in [-0.25, -0.2) is 5.43 Å². The van der Waals surface area contributed by atoms with Crippen LogP contribution >= 0.6 is 11.8 Å². The maximum atomic E-state index is 11.2. The Hall–Kier alpha value is -1.99. The van der Waals surface area contributed by atoms with Crippen LogP contribution in [0.5, 0.6) is 0 Å². The Morgan fingerprint density at radius 3 is 3.15 bits per heavy atom. The van der Waals surface area contributed by atoms with Gasteiger partial charge in [0.25, 0.3) is 0 Å². The number of hydrazone groups is 1. The second kappa shape index (κ2) is 6.97. The van der Waals surface area contributed by atoms with E-state index in [2.05, 4.69) is 22.5 Å². The largest absolute Gasteiger partial charge is 0.273 e. The van der Waals surface area contributed by atoms with Crippen molar-refractivity contribution in [2.45, 2.75) is 18.2 Å². The third-order valence-corrected chi connectivity index (χ3v) is 3.83. The monoisotopic (exact) mass is 284 g/mol. The summed E-state index contributed by atoms with van der Waals surface area (Å²) in [5.74, 6) is 3.41. The third kappa shape index (κ3) is 4.01. The van der Waals surface area contributed by atoms with Crippen LogP contribution in [-0.2, 0) is 4.79 Å². The van der Waals surface area contributed by atoms with Gasteiger partial charge in [-0.05, 0) is 23.8 Å². The number of allylic oxidation sites excluding steroid dienone is 1. The van der Waals surface area contributed by atoms with Crippen molar-refractivity contribution < 1.29 is 4.79 Å². The predicted molar refractivity (Wildman–Crippen MR) is 84.4 cm³/mol. The summed E-state index contributed by atoms with van der Waals surface area (Å²) < 4.78 is 0. The smallest absolute Gasteiger partial charge is 0.240 e. The van der Waals surface area contributed by atoms with Crippen LogP contribution in [-0.4, -0.2) is 17.4 Å². The zero-order valence-electron chi connectivity index (χ0n) is 11.3. The lowest BCUT2D eigenvalue weighted by molar-refractivity contribution is -0.121. The Morgan fingerprint density at radius 1 is 1.55 bits per heavy atom. The normalized spacial score (nSPS) is 18.5. The fraction of sp³-hybridized carbons (Fsp3) is 0.250. The van der Waals surface area contributed by atoms with Gasteiger partial charge >= 0.3 is 0 Å². The fourth-order valence-electron chi connectivity index (χ4n) is 1.88. The van der Waals surface area contributed by atoms with Gasteiger partial charge in [0, 0.05) is 17.2 Å². The predicted octanol–water partition coefficient (Wildman–Crippen LogP) is 2.94. The summed E-state index contributed by atoms with van der Waals surface area (Å²) in [4.78, 5) is 12.3. The summed E-state index contributed by atoms with van der Waals surface area (Å²) in [5.41, 5.74) is 4.50. The highest BCUT2D eigenvalue weighted by molar-refractivity contribution is 7.99. The highest BCUT2D eigenvalue weighted by Crippen LogP contribution is 2.19. The van der Waals surface area contributed by atoms with Gasteiger partial charge in [-0.3, -0.25) is 4.79 Å². The molecule has 1 amide bonds. The number of carbonyl (C=O) groups excluding carboxylic acids is 1. The second-order valence-electron chi connectivity index (χ2n) is 4.58. The molecule has 102 valence electrons. The molecule has 1 heterocycles. The molecule has 0 bridgehead atoms. The van der Waals surface area contributed by atoms with E-state index >= 15 is 0 Å². The van der Waals surface area contributed by atoms with Gasteiger partial charge in [0.15, 0.2) is 0 Å². The second-order valence-corrected chi connectivity index (χ2v) is 5.62. The maximum absolute atomic E-state index is 11.2. The number of hydrogen-bond donors (Lipinski definition) is 1. The molecule has 0 radical (unpaired) electrons. The molecular formula is C16H16N2OS. The molecule has 1 aliphatic rings. The molecule has 1 unspecified atom stereocenters. The molecular weight excluding hydrogens is 268 g/mol. The third-order valence-electron chi connectivity index (χ3n) is 2.93. The van der Waals surface area contributed by atoms with Crippen LogP contribution in [0.15, 0.2) is 40.3 Å². The average Bonchev–Trinajstić information content (AvgIpc) is 2.45. The van der Waals surface area contributed by atoms with E-state index in [0.29, 0.717) is 12.2 Å². The first-order valence-electron chi connectivity index (χ1n) is 6.40. The molecule has 1 atom stereocenters. The zero-order chi connectivity index (χ0) is 14.4. The molecule has 0 fully saturated rings. The molecule has 0 saturated carbocycles. The van der Waals surface area contributed by atoms with Crippen molar-refractivity contribution in [2.75, 3.05) is 5.75 Å². The molecule has 0 saturated heterocycles. The molecule has 0 spiro atoms. The van der Waals surface area contributed by atoms with Crippen LogP contribution in [0.1, 0.15) is 18.9 Å². The van der Waals surface area contributed by atoms with E-state index in [1.165, 1.54) is 0 Å². The van der Waals surface area contributed by atoms with Gasteiger partial charge in [0.2, 0.25) is 5.91 Å². The Kier molecular flexibility index (Phi) is 5.03. The first-order chi connectivity index (χ1) is 9.69. The summed E-state index contributed by atoms with van der Waals surface area (Å²) in [6.45, 7) is 2.00. The van der Waals surface area contributed by atoms with Crippen molar-refractivity contribution in [3.63, 3.8) is 0 Å². The number of rotatable bonds is 4. The first-order valence-corrected chi connectivity index (χ1v) is 7.38. The van der Waals surface area contributed by atoms with E-state index in [4.69, 9.17) is 6.42 Å².